The number of carboxylic acid groups (broad SMARTS) is 1. The van der Waals surface area contributed by atoms with Crippen molar-refractivity contribution in [3.63, 3.8) is 0 Å². The number of benzene rings is 1. The minimum absolute atomic E-state index is 0.192. The van der Waals surface area contributed by atoms with Crippen LogP contribution in [0.15, 0.2) is 36.5 Å². The zero-order chi connectivity index (χ0) is 16.1. The second-order valence-corrected chi connectivity index (χ2v) is 5.10. The van der Waals surface area contributed by atoms with Crippen molar-refractivity contribution in [1.29, 1.82) is 0 Å². The number of amides is 1. The average Bonchev–Trinajstić information content (AvgIpc) is 2.87. The van der Waals surface area contributed by atoms with Crippen molar-refractivity contribution < 1.29 is 14.7 Å². The first-order valence-corrected chi connectivity index (χ1v) is 7.17. The van der Waals surface area contributed by atoms with Gasteiger partial charge in [-0.1, -0.05) is 41.9 Å². The predicted octanol–water partition coefficient (Wildman–Crippen LogP) is 2.28. The number of hydrogen-bond acceptors (Lipinski definition) is 3. The molecule has 2 aromatic rings. The lowest BCUT2D eigenvalue weighted by molar-refractivity contribution is -0.137. The largest absolute Gasteiger partial charge is 0.480 e. The molecule has 7 heteroatoms. The monoisotopic (exact) mass is 321 g/mol. The molecule has 1 aromatic carbocycles. The Morgan fingerprint density at radius 3 is 2.59 bits per heavy atom. The number of halogens is 1. The SMILES string of the molecule is CCn1ncc(Cl)c1C(=O)N(CC(=O)O)Cc1ccccc1. The number of aliphatic carboxylic acids is 1. The van der Waals surface area contributed by atoms with Crippen LogP contribution in [0.4, 0.5) is 0 Å². The van der Waals surface area contributed by atoms with Crippen molar-refractivity contribution in [3.8, 4) is 0 Å². The van der Waals surface area contributed by atoms with Crippen molar-refractivity contribution in [2.24, 2.45) is 0 Å². The van der Waals surface area contributed by atoms with Gasteiger partial charge < -0.3 is 10.0 Å². The van der Waals surface area contributed by atoms with E-state index in [2.05, 4.69) is 5.10 Å². The summed E-state index contributed by atoms with van der Waals surface area (Å²) in [6.07, 6.45) is 1.39. The number of hydrogen-bond donors (Lipinski definition) is 1. The molecule has 22 heavy (non-hydrogen) atoms. The first kappa shape index (κ1) is 16.0. The molecule has 0 aliphatic heterocycles. The third-order valence-corrected chi connectivity index (χ3v) is 3.40. The third-order valence-electron chi connectivity index (χ3n) is 3.13. The molecule has 116 valence electrons. The number of aromatic nitrogens is 2. The Morgan fingerprint density at radius 1 is 1.32 bits per heavy atom. The highest BCUT2D eigenvalue weighted by Crippen LogP contribution is 2.18. The molecular weight excluding hydrogens is 306 g/mol. The van der Waals surface area contributed by atoms with E-state index in [-0.39, 0.29) is 17.3 Å². The number of nitrogens with zero attached hydrogens (tertiary/aromatic N) is 3. The highest BCUT2D eigenvalue weighted by molar-refractivity contribution is 6.33. The van der Waals surface area contributed by atoms with E-state index in [1.807, 2.05) is 37.3 Å². The van der Waals surface area contributed by atoms with Crippen LogP contribution in [0.25, 0.3) is 0 Å². The van der Waals surface area contributed by atoms with Crippen LogP contribution in [-0.4, -0.2) is 38.2 Å². The summed E-state index contributed by atoms with van der Waals surface area (Å²) in [5.41, 5.74) is 1.05. The Hall–Kier alpha value is -2.34. The van der Waals surface area contributed by atoms with Crippen LogP contribution in [0.5, 0.6) is 0 Å². The number of carbonyl (C=O) groups excluding carboxylic acids is 1. The van der Waals surface area contributed by atoms with Crippen molar-refractivity contribution in [1.82, 2.24) is 14.7 Å². The van der Waals surface area contributed by atoms with Gasteiger partial charge in [-0.2, -0.15) is 5.10 Å². The first-order valence-electron chi connectivity index (χ1n) is 6.79. The second-order valence-electron chi connectivity index (χ2n) is 4.70. The van der Waals surface area contributed by atoms with Gasteiger partial charge in [0, 0.05) is 13.1 Å². The summed E-state index contributed by atoms with van der Waals surface area (Å²) in [6, 6.07) is 9.20. The number of carbonyl (C=O) groups is 2. The summed E-state index contributed by atoms with van der Waals surface area (Å²) in [5, 5.41) is 13.3. The summed E-state index contributed by atoms with van der Waals surface area (Å²) >= 11 is 6.02. The normalized spacial score (nSPS) is 10.5. The summed E-state index contributed by atoms with van der Waals surface area (Å²) in [4.78, 5) is 25.0. The van der Waals surface area contributed by atoms with E-state index in [4.69, 9.17) is 16.7 Å². The first-order chi connectivity index (χ1) is 10.5. The average molecular weight is 322 g/mol. The van der Waals surface area contributed by atoms with Gasteiger partial charge in [0.15, 0.2) is 0 Å². The number of carboxylic acids is 1. The molecule has 0 spiro atoms. The minimum atomic E-state index is -1.08. The highest BCUT2D eigenvalue weighted by Gasteiger charge is 2.24. The summed E-state index contributed by atoms with van der Waals surface area (Å²) in [6.45, 7) is 2.09. The van der Waals surface area contributed by atoms with Gasteiger partial charge in [0.25, 0.3) is 5.91 Å². The van der Waals surface area contributed by atoms with Crippen molar-refractivity contribution in [2.75, 3.05) is 6.54 Å². The Labute approximate surface area is 132 Å². The lowest BCUT2D eigenvalue weighted by Gasteiger charge is -2.21. The molecule has 0 aliphatic rings. The van der Waals surface area contributed by atoms with Gasteiger partial charge in [0.05, 0.1) is 11.2 Å². The van der Waals surface area contributed by atoms with E-state index in [1.54, 1.807) is 0 Å². The molecular formula is C15H16ClN3O3. The zero-order valence-corrected chi connectivity index (χ0v) is 12.8. The molecule has 0 atom stereocenters. The molecule has 1 amide bonds. The van der Waals surface area contributed by atoms with Gasteiger partial charge in [-0.05, 0) is 12.5 Å². The highest BCUT2D eigenvalue weighted by atomic mass is 35.5. The molecule has 0 unspecified atom stereocenters. The smallest absolute Gasteiger partial charge is 0.323 e. The van der Waals surface area contributed by atoms with Crippen LogP contribution < -0.4 is 0 Å². The second kappa shape index (κ2) is 7.09. The van der Waals surface area contributed by atoms with Crippen LogP contribution >= 0.6 is 11.6 Å². The summed E-state index contributed by atoms with van der Waals surface area (Å²) in [7, 11) is 0. The molecule has 0 saturated heterocycles. The van der Waals surface area contributed by atoms with Crippen LogP contribution in [0, 0.1) is 0 Å². The van der Waals surface area contributed by atoms with Gasteiger partial charge in [-0.3, -0.25) is 14.3 Å². The molecule has 0 aliphatic carbocycles. The van der Waals surface area contributed by atoms with E-state index < -0.39 is 18.4 Å². The summed E-state index contributed by atoms with van der Waals surface area (Å²) in [5.74, 6) is -1.53. The van der Waals surface area contributed by atoms with Gasteiger partial charge in [-0.15, -0.1) is 0 Å². The molecule has 1 N–H and O–H groups in total. The molecule has 6 nitrogen and oxygen atoms in total. The Kier molecular flexibility index (Phi) is 5.16. The zero-order valence-electron chi connectivity index (χ0n) is 12.1. The maximum atomic E-state index is 12.7. The molecule has 0 saturated carbocycles. The van der Waals surface area contributed by atoms with Gasteiger partial charge in [0.1, 0.15) is 12.2 Å². The molecule has 1 heterocycles. The molecule has 1 aromatic heterocycles. The van der Waals surface area contributed by atoms with E-state index >= 15 is 0 Å². The fraction of sp³-hybridized carbons (Fsp3) is 0.267. The van der Waals surface area contributed by atoms with Crippen LogP contribution in [0.3, 0.4) is 0 Å². The fourth-order valence-corrected chi connectivity index (χ4v) is 2.35. The maximum absolute atomic E-state index is 12.7. The van der Waals surface area contributed by atoms with Gasteiger partial charge in [0.2, 0.25) is 0 Å². The van der Waals surface area contributed by atoms with Crippen molar-refractivity contribution >= 4 is 23.5 Å². The molecule has 0 bridgehead atoms. The quantitative estimate of drug-likeness (QED) is 0.885. The van der Waals surface area contributed by atoms with Gasteiger partial charge >= 0.3 is 5.97 Å². The maximum Gasteiger partial charge on any atom is 0.323 e. The lowest BCUT2D eigenvalue weighted by Crippen LogP contribution is -2.36. The van der Waals surface area contributed by atoms with E-state index in [9.17, 15) is 9.59 Å². The lowest BCUT2D eigenvalue weighted by atomic mass is 10.2. The Morgan fingerprint density at radius 2 is 2.00 bits per heavy atom. The van der Waals surface area contributed by atoms with Crippen molar-refractivity contribution in [2.45, 2.75) is 20.0 Å². The predicted molar refractivity (Wildman–Crippen MR) is 81.7 cm³/mol. The molecule has 0 fully saturated rings. The van der Waals surface area contributed by atoms with Gasteiger partial charge in [-0.25, -0.2) is 0 Å². The van der Waals surface area contributed by atoms with Crippen LogP contribution in [-0.2, 0) is 17.9 Å². The van der Waals surface area contributed by atoms with E-state index in [0.717, 1.165) is 5.56 Å². The fourth-order valence-electron chi connectivity index (χ4n) is 2.13. The van der Waals surface area contributed by atoms with Crippen LogP contribution in [0.1, 0.15) is 23.0 Å². The standard InChI is InChI=1S/C15H16ClN3O3/c1-2-19-14(12(16)8-17-19)15(22)18(10-13(20)21)9-11-6-4-3-5-7-11/h3-8H,2,9-10H2,1H3,(H,20,21). The van der Waals surface area contributed by atoms with Crippen LogP contribution in [0.2, 0.25) is 5.02 Å². The van der Waals surface area contributed by atoms with E-state index in [1.165, 1.54) is 15.8 Å². The number of aryl methyl sites for hydroxylation is 1. The molecule has 2 rings (SSSR count). The van der Waals surface area contributed by atoms with Crippen molar-refractivity contribution in [3.05, 3.63) is 52.8 Å². The Balaban J connectivity index is 2.30. The number of rotatable bonds is 6. The molecule has 0 radical (unpaired) electrons. The minimum Gasteiger partial charge on any atom is -0.480 e. The summed E-state index contributed by atoms with van der Waals surface area (Å²) < 4.78 is 1.46. The topological polar surface area (TPSA) is 75.4 Å². The third kappa shape index (κ3) is 3.65. The Bertz CT molecular complexity index is 670. The van der Waals surface area contributed by atoms with E-state index in [0.29, 0.717) is 6.54 Å².